The molecule has 1 N–H and O–H groups in total. The molecule has 1 aliphatic rings. The van der Waals surface area contributed by atoms with E-state index in [1.807, 2.05) is 43.3 Å². The van der Waals surface area contributed by atoms with Crippen molar-refractivity contribution in [1.82, 2.24) is 4.72 Å². The van der Waals surface area contributed by atoms with Crippen LogP contribution in [0, 0.1) is 17.0 Å². The van der Waals surface area contributed by atoms with Gasteiger partial charge in [-0.1, -0.05) is 36.4 Å². The van der Waals surface area contributed by atoms with E-state index in [1.54, 1.807) is 6.07 Å². The first-order valence-corrected chi connectivity index (χ1v) is 9.98. The van der Waals surface area contributed by atoms with Gasteiger partial charge in [0.1, 0.15) is 11.5 Å². The van der Waals surface area contributed by atoms with E-state index >= 15 is 0 Å². The summed E-state index contributed by atoms with van der Waals surface area (Å²) in [5.41, 5.74) is 2.14. The Morgan fingerprint density at radius 1 is 0.964 bits per heavy atom. The molecule has 3 aromatic carbocycles. The molecule has 0 spiro atoms. The smallest absolute Gasteiger partial charge is 0.269 e. The molecule has 0 saturated carbocycles. The molecule has 8 heteroatoms. The number of nitro benzene ring substituents is 1. The highest BCUT2D eigenvalue weighted by molar-refractivity contribution is 7.89. The Kier molecular flexibility index (Phi) is 4.37. The SMILES string of the molecule is Cc1cccc2c1Oc1ccccc1C2NS(=O)(=O)c1ccc([N+](=O)[O-])cc1. The monoisotopic (exact) mass is 396 g/mol. The molecule has 0 aromatic heterocycles. The van der Waals surface area contributed by atoms with Gasteiger partial charge in [-0.3, -0.25) is 10.1 Å². The van der Waals surface area contributed by atoms with Gasteiger partial charge in [0.15, 0.2) is 0 Å². The van der Waals surface area contributed by atoms with Crippen LogP contribution in [0.2, 0.25) is 0 Å². The lowest BCUT2D eigenvalue weighted by Gasteiger charge is -2.29. The molecule has 0 fully saturated rings. The number of aryl methyl sites for hydroxylation is 1. The van der Waals surface area contributed by atoms with Crippen molar-refractivity contribution in [2.24, 2.45) is 0 Å². The van der Waals surface area contributed by atoms with E-state index in [1.165, 1.54) is 24.3 Å². The number of sulfonamides is 1. The Morgan fingerprint density at radius 3 is 2.36 bits per heavy atom. The van der Waals surface area contributed by atoms with E-state index < -0.39 is 21.0 Å². The van der Waals surface area contributed by atoms with E-state index in [9.17, 15) is 18.5 Å². The summed E-state index contributed by atoms with van der Waals surface area (Å²) in [5, 5.41) is 10.8. The van der Waals surface area contributed by atoms with Gasteiger partial charge in [-0.25, -0.2) is 8.42 Å². The lowest BCUT2D eigenvalue weighted by Crippen LogP contribution is -2.31. The fourth-order valence-electron chi connectivity index (χ4n) is 3.23. The maximum atomic E-state index is 13.0. The third-order valence-electron chi connectivity index (χ3n) is 4.63. The zero-order valence-corrected chi connectivity index (χ0v) is 15.6. The summed E-state index contributed by atoms with van der Waals surface area (Å²) in [6.45, 7) is 1.90. The van der Waals surface area contributed by atoms with Crippen LogP contribution in [0.1, 0.15) is 22.7 Å². The normalized spacial score (nSPS) is 15.2. The lowest BCUT2D eigenvalue weighted by atomic mass is 9.94. The minimum Gasteiger partial charge on any atom is -0.456 e. The second-order valence-corrected chi connectivity index (χ2v) is 8.15. The van der Waals surface area contributed by atoms with E-state index in [4.69, 9.17) is 4.74 Å². The molecule has 0 saturated heterocycles. The van der Waals surface area contributed by atoms with Crippen molar-refractivity contribution < 1.29 is 18.1 Å². The average Bonchev–Trinajstić information content (AvgIpc) is 2.68. The highest BCUT2D eigenvalue weighted by Crippen LogP contribution is 2.44. The Balaban J connectivity index is 1.77. The molecule has 1 unspecified atom stereocenters. The Morgan fingerprint density at radius 2 is 1.64 bits per heavy atom. The highest BCUT2D eigenvalue weighted by Gasteiger charge is 2.31. The summed E-state index contributed by atoms with van der Waals surface area (Å²) >= 11 is 0. The summed E-state index contributed by atoms with van der Waals surface area (Å²) in [7, 11) is -3.93. The van der Waals surface area contributed by atoms with Crippen LogP contribution in [0.3, 0.4) is 0 Å². The standard InChI is InChI=1S/C20H16N2O5S/c1-13-5-4-7-17-19(16-6-2-3-8-18(16)27-20(13)17)21-28(25,26)15-11-9-14(10-12-15)22(23)24/h2-12,19,21H,1H3. The van der Waals surface area contributed by atoms with Gasteiger partial charge in [0.25, 0.3) is 5.69 Å². The Labute approximate surface area is 161 Å². The molecule has 4 rings (SSSR count). The van der Waals surface area contributed by atoms with Crippen molar-refractivity contribution in [3.05, 3.63) is 93.5 Å². The van der Waals surface area contributed by atoms with Crippen LogP contribution in [-0.4, -0.2) is 13.3 Å². The predicted octanol–water partition coefficient (Wildman–Crippen LogP) is 4.08. The minimum absolute atomic E-state index is 0.0451. The van der Waals surface area contributed by atoms with Crippen molar-refractivity contribution >= 4 is 15.7 Å². The number of benzene rings is 3. The first-order chi connectivity index (χ1) is 13.4. The number of hydrogen-bond donors (Lipinski definition) is 1. The molecular formula is C20H16N2O5S. The zero-order chi connectivity index (χ0) is 19.9. The summed E-state index contributed by atoms with van der Waals surface area (Å²) in [6.07, 6.45) is 0. The minimum atomic E-state index is -3.93. The van der Waals surface area contributed by atoms with Gasteiger partial charge in [0.05, 0.1) is 15.9 Å². The van der Waals surface area contributed by atoms with Gasteiger partial charge in [-0.2, -0.15) is 4.72 Å². The Hall–Kier alpha value is -3.23. The van der Waals surface area contributed by atoms with Crippen LogP contribution in [0.15, 0.2) is 71.6 Å². The van der Waals surface area contributed by atoms with Crippen molar-refractivity contribution in [1.29, 1.82) is 0 Å². The molecule has 1 atom stereocenters. The van der Waals surface area contributed by atoms with Gasteiger partial charge in [-0.05, 0) is 30.7 Å². The molecule has 142 valence electrons. The fourth-order valence-corrected chi connectivity index (χ4v) is 4.42. The van der Waals surface area contributed by atoms with Crippen LogP contribution >= 0.6 is 0 Å². The molecule has 0 amide bonds. The third kappa shape index (κ3) is 3.12. The van der Waals surface area contributed by atoms with Gasteiger partial charge >= 0.3 is 0 Å². The second kappa shape index (κ2) is 6.74. The van der Waals surface area contributed by atoms with E-state index in [2.05, 4.69) is 4.72 Å². The number of nitrogens with one attached hydrogen (secondary N) is 1. The summed E-state index contributed by atoms with van der Waals surface area (Å²) in [5.74, 6) is 1.21. The van der Waals surface area contributed by atoms with E-state index in [0.717, 1.165) is 5.56 Å². The second-order valence-electron chi connectivity index (χ2n) is 6.44. The van der Waals surface area contributed by atoms with Crippen molar-refractivity contribution in [3.8, 4) is 11.5 Å². The number of nitro groups is 1. The fraction of sp³-hybridized carbons (Fsp3) is 0.100. The van der Waals surface area contributed by atoms with Crippen molar-refractivity contribution in [2.75, 3.05) is 0 Å². The van der Waals surface area contributed by atoms with Crippen LogP contribution < -0.4 is 9.46 Å². The maximum Gasteiger partial charge on any atom is 0.269 e. The first kappa shape index (κ1) is 18.1. The average molecular weight is 396 g/mol. The van der Waals surface area contributed by atoms with Crippen molar-refractivity contribution in [2.45, 2.75) is 17.9 Å². The summed E-state index contributed by atoms with van der Waals surface area (Å²) in [6, 6.07) is 17.0. The molecule has 3 aromatic rings. The number of ether oxygens (including phenoxy) is 1. The zero-order valence-electron chi connectivity index (χ0n) is 14.8. The predicted molar refractivity (Wildman–Crippen MR) is 103 cm³/mol. The number of rotatable bonds is 4. The lowest BCUT2D eigenvalue weighted by molar-refractivity contribution is -0.384. The number of non-ortho nitro benzene ring substituents is 1. The third-order valence-corrected chi connectivity index (χ3v) is 6.07. The number of nitrogens with zero attached hydrogens (tertiary/aromatic N) is 1. The van der Waals surface area contributed by atoms with Crippen LogP contribution in [0.5, 0.6) is 11.5 Å². The molecule has 1 aliphatic heterocycles. The van der Waals surface area contributed by atoms with Crippen LogP contribution in [-0.2, 0) is 10.0 Å². The van der Waals surface area contributed by atoms with Crippen LogP contribution in [0.4, 0.5) is 5.69 Å². The van der Waals surface area contributed by atoms with Gasteiger partial charge in [-0.15, -0.1) is 0 Å². The molecule has 1 heterocycles. The molecule has 28 heavy (non-hydrogen) atoms. The van der Waals surface area contributed by atoms with Gasteiger partial charge in [0, 0.05) is 23.3 Å². The summed E-state index contributed by atoms with van der Waals surface area (Å²) in [4.78, 5) is 10.2. The molecule has 0 radical (unpaired) electrons. The molecule has 0 aliphatic carbocycles. The number of fused-ring (bicyclic) bond motifs is 2. The number of para-hydroxylation sites is 2. The quantitative estimate of drug-likeness (QED) is 0.529. The van der Waals surface area contributed by atoms with Crippen LogP contribution in [0.25, 0.3) is 0 Å². The summed E-state index contributed by atoms with van der Waals surface area (Å²) < 4.78 is 34.6. The molecule has 0 bridgehead atoms. The largest absolute Gasteiger partial charge is 0.456 e. The van der Waals surface area contributed by atoms with Gasteiger partial charge < -0.3 is 4.74 Å². The van der Waals surface area contributed by atoms with Gasteiger partial charge in [0.2, 0.25) is 10.0 Å². The van der Waals surface area contributed by atoms with Crippen molar-refractivity contribution in [3.63, 3.8) is 0 Å². The molecule has 7 nitrogen and oxygen atoms in total. The first-order valence-electron chi connectivity index (χ1n) is 8.50. The number of hydrogen-bond acceptors (Lipinski definition) is 5. The topological polar surface area (TPSA) is 98.5 Å². The molecular weight excluding hydrogens is 380 g/mol. The highest BCUT2D eigenvalue weighted by atomic mass is 32.2. The van der Waals surface area contributed by atoms with E-state index in [-0.39, 0.29) is 10.6 Å². The maximum absolute atomic E-state index is 13.0. The van der Waals surface area contributed by atoms with E-state index in [0.29, 0.717) is 22.6 Å². The Bertz CT molecular complexity index is 1170.